The molecule has 0 spiro atoms. The normalized spacial score (nSPS) is 22.1. The molecule has 0 N–H and O–H groups in total. The fourth-order valence-corrected chi connectivity index (χ4v) is 6.33. The largest absolute Gasteiger partial charge is 0.381 e. The van der Waals surface area contributed by atoms with Crippen molar-refractivity contribution in [3.8, 4) is 11.1 Å². The summed E-state index contributed by atoms with van der Waals surface area (Å²) < 4.78 is 27.8. The molecule has 3 heterocycles. The molecule has 198 valence electrons. The van der Waals surface area contributed by atoms with E-state index in [0.717, 1.165) is 65.1 Å². The molecule has 1 saturated heterocycles. The van der Waals surface area contributed by atoms with Crippen LogP contribution in [0.3, 0.4) is 0 Å². The summed E-state index contributed by atoms with van der Waals surface area (Å²) in [6, 6.07) is 10.7. The maximum absolute atomic E-state index is 14.4. The molecule has 7 nitrogen and oxygen atoms in total. The number of rotatable bonds is 5. The number of benzene rings is 2. The summed E-state index contributed by atoms with van der Waals surface area (Å²) in [4.78, 5) is 20.0. The highest BCUT2D eigenvalue weighted by molar-refractivity contribution is 6.30. The van der Waals surface area contributed by atoms with Crippen molar-refractivity contribution in [3.63, 3.8) is 0 Å². The number of aromatic nitrogens is 3. The Labute approximate surface area is 225 Å². The van der Waals surface area contributed by atoms with Crippen LogP contribution >= 0.6 is 11.6 Å². The van der Waals surface area contributed by atoms with E-state index in [1.807, 2.05) is 13.8 Å². The van der Waals surface area contributed by atoms with E-state index in [2.05, 4.69) is 27.9 Å². The van der Waals surface area contributed by atoms with Gasteiger partial charge in [-0.25, -0.2) is 9.37 Å². The third-order valence-corrected chi connectivity index (χ3v) is 8.38. The Hall–Kier alpha value is -3.23. The zero-order chi connectivity index (χ0) is 26.6. The fraction of sp³-hybridized carbons (Fsp3) is 0.414. The second-order valence-electron chi connectivity index (χ2n) is 10.3. The number of imidazole rings is 1. The van der Waals surface area contributed by atoms with Gasteiger partial charge in [0.25, 0.3) is 0 Å². The highest BCUT2D eigenvalue weighted by Crippen LogP contribution is 2.42. The van der Waals surface area contributed by atoms with Crippen molar-refractivity contribution in [2.24, 2.45) is 0 Å². The number of ether oxygens (including phenoxy) is 1. The standard InChI is InChI=1S/C29H30ClFN4O3/c1-16-28(17(2)38-33-16)18-4-11-25-24(14-18)32-29(35(25)19-5-8-21(37-3)9-6-19)26-12-13-27(36)34(26)20-7-10-22(30)23(31)15-20/h4,7,10-11,14-15,19,21,26H,5-6,8-9,12-13H2,1-3H3/t19-,21-,26-/m0/s1. The Morgan fingerprint density at radius 2 is 1.87 bits per heavy atom. The summed E-state index contributed by atoms with van der Waals surface area (Å²) in [5.74, 6) is 1.00. The van der Waals surface area contributed by atoms with E-state index in [0.29, 0.717) is 18.5 Å². The second kappa shape index (κ2) is 9.82. The number of methoxy groups -OCH3 is 1. The van der Waals surface area contributed by atoms with Crippen LogP contribution in [-0.4, -0.2) is 33.8 Å². The van der Waals surface area contributed by atoms with Gasteiger partial charge < -0.3 is 18.7 Å². The fourth-order valence-electron chi connectivity index (χ4n) is 6.21. The lowest BCUT2D eigenvalue weighted by molar-refractivity contribution is -0.117. The van der Waals surface area contributed by atoms with Crippen LogP contribution in [-0.2, 0) is 9.53 Å². The average molecular weight is 537 g/mol. The first kappa shape index (κ1) is 25.1. The van der Waals surface area contributed by atoms with E-state index in [1.54, 1.807) is 18.1 Å². The summed E-state index contributed by atoms with van der Waals surface area (Å²) in [6.45, 7) is 3.84. The first-order valence-electron chi connectivity index (χ1n) is 13.1. The molecular formula is C29H30ClFN4O3. The van der Waals surface area contributed by atoms with Crippen molar-refractivity contribution in [1.29, 1.82) is 0 Å². The predicted molar refractivity (Wildman–Crippen MR) is 144 cm³/mol. The number of fused-ring (bicyclic) bond motifs is 1. The summed E-state index contributed by atoms with van der Waals surface area (Å²) in [6.07, 6.45) is 5.09. The molecule has 1 amide bonds. The van der Waals surface area contributed by atoms with Gasteiger partial charge in [-0.1, -0.05) is 22.8 Å². The molecule has 2 aromatic heterocycles. The Balaban J connectivity index is 1.49. The summed E-state index contributed by atoms with van der Waals surface area (Å²) in [5.41, 5.74) is 5.17. The van der Waals surface area contributed by atoms with Gasteiger partial charge in [0.15, 0.2) is 0 Å². The third kappa shape index (κ3) is 4.20. The topological polar surface area (TPSA) is 73.4 Å². The first-order chi connectivity index (χ1) is 18.4. The van der Waals surface area contributed by atoms with Crippen LogP contribution < -0.4 is 4.90 Å². The molecule has 1 aliphatic carbocycles. The van der Waals surface area contributed by atoms with Crippen molar-refractivity contribution < 1.29 is 18.4 Å². The van der Waals surface area contributed by atoms with Crippen LogP contribution in [0.1, 0.15) is 67.9 Å². The van der Waals surface area contributed by atoms with Crippen molar-refractivity contribution in [2.75, 3.05) is 12.0 Å². The first-order valence-corrected chi connectivity index (χ1v) is 13.5. The number of anilines is 1. The molecule has 1 saturated carbocycles. The quantitative estimate of drug-likeness (QED) is 0.272. The van der Waals surface area contributed by atoms with Gasteiger partial charge in [-0.2, -0.15) is 0 Å². The molecule has 2 fully saturated rings. The molecule has 1 atom stereocenters. The third-order valence-electron chi connectivity index (χ3n) is 8.07. The maximum atomic E-state index is 14.4. The van der Waals surface area contributed by atoms with E-state index in [9.17, 15) is 9.18 Å². The van der Waals surface area contributed by atoms with Gasteiger partial charge in [0.1, 0.15) is 17.4 Å². The average Bonchev–Trinajstić information content (AvgIpc) is 3.59. The predicted octanol–water partition coefficient (Wildman–Crippen LogP) is 7.10. The van der Waals surface area contributed by atoms with Gasteiger partial charge in [-0.15, -0.1) is 0 Å². The monoisotopic (exact) mass is 536 g/mol. The lowest BCUT2D eigenvalue weighted by atomic mass is 9.92. The van der Waals surface area contributed by atoms with E-state index < -0.39 is 5.82 Å². The number of hydrogen-bond donors (Lipinski definition) is 0. The number of aryl methyl sites for hydroxylation is 2. The van der Waals surface area contributed by atoms with Gasteiger partial charge in [0.2, 0.25) is 5.91 Å². The van der Waals surface area contributed by atoms with Crippen LogP contribution in [0.4, 0.5) is 10.1 Å². The van der Waals surface area contributed by atoms with Gasteiger partial charge >= 0.3 is 0 Å². The zero-order valence-electron chi connectivity index (χ0n) is 21.7. The summed E-state index contributed by atoms with van der Waals surface area (Å²) >= 11 is 5.94. The molecule has 2 aromatic carbocycles. The van der Waals surface area contributed by atoms with Crippen LogP contribution in [0.5, 0.6) is 0 Å². The molecule has 0 radical (unpaired) electrons. The van der Waals surface area contributed by atoms with Gasteiger partial charge in [-0.05, 0) is 81.8 Å². The number of halogens is 2. The zero-order valence-corrected chi connectivity index (χ0v) is 22.5. The highest BCUT2D eigenvalue weighted by atomic mass is 35.5. The Kier molecular flexibility index (Phi) is 6.48. The van der Waals surface area contributed by atoms with E-state index >= 15 is 0 Å². The van der Waals surface area contributed by atoms with Crippen LogP contribution in [0.25, 0.3) is 22.2 Å². The molecule has 6 rings (SSSR count). The molecule has 2 aliphatic rings. The van der Waals surface area contributed by atoms with Gasteiger partial charge in [-0.3, -0.25) is 4.79 Å². The summed E-state index contributed by atoms with van der Waals surface area (Å²) in [7, 11) is 1.77. The number of amides is 1. The number of carbonyl (C=O) groups is 1. The molecule has 9 heteroatoms. The van der Waals surface area contributed by atoms with Crippen LogP contribution in [0.2, 0.25) is 5.02 Å². The smallest absolute Gasteiger partial charge is 0.227 e. The van der Waals surface area contributed by atoms with Crippen molar-refractivity contribution in [2.45, 2.75) is 70.6 Å². The van der Waals surface area contributed by atoms with E-state index in [4.69, 9.17) is 25.8 Å². The Morgan fingerprint density at radius 3 is 2.55 bits per heavy atom. The molecule has 38 heavy (non-hydrogen) atoms. The van der Waals surface area contributed by atoms with Crippen molar-refractivity contribution >= 4 is 34.2 Å². The minimum absolute atomic E-state index is 0.0333. The van der Waals surface area contributed by atoms with Crippen molar-refractivity contribution in [1.82, 2.24) is 14.7 Å². The van der Waals surface area contributed by atoms with E-state index in [1.165, 1.54) is 12.1 Å². The Morgan fingerprint density at radius 1 is 1.08 bits per heavy atom. The summed E-state index contributed by atoms with van der Waals surface area (Å²) in [5, 5.41) is 4.15. The lowest BCUT2D eigenvalue weighted by Gasteiger charge is -2.32. The van der Waals surface area contributed by atoms with E-state index in [-0.39, 0.29) is 29.1 Å². The van der Waals surface area contributed by atoms with Crippen molar-refractivity contribution in [3.05, 3.63) is 64.5 Å². The minimum atomic E-state index is -0.543. The van der Waals surface area contributed by atoms with Crippen LogP contribution in [0.15, 0.2) is 40.9 Å². The minimum Gasteiger partial charge on any atom is -0.381 e. The number of hydrogen-bond acceptors (Lipinski definition) is 5. The van der Waals surface area contributed by atoms with Crippen LogP contribution in [0, 0.1) is 19.7 Å². The molecule has 1 aliphatic heterocycles. The molecule has 0 bridgehead atoms. The molecule has 4 aromatic rings. The molecule has 0 unspecified atom stereocenters. The number of nitrogens with zero attached hydrogens (tertiary/aromatic N) is 4. The highest BCUT2D eigenvalue weighted by Gasteiger charge is 2.38. The SMILES string of the molecule is CO[C@H]1CC[C@H](n2c([C@@H]3CCC(=O)N3c3ccc(Cl)c(F)c3)nc3cc(-c4c(C)noc4C)ccc32)CC1. The Bertz CT molecular complexity index is 1500. The second-order valence-corrected chi connectivity index (χ2v) is 10.7. The van der Waals surface area contributed by atoms with Gasteiger partial charge in [0.05, 0.1) is 33.9 Å². The number of carbonyl (C=O) groups excluding carboxylic acids is 1. The maximum Gasteiger partial charge on any atom is 0.227 e. The lowest BCUT2D eigenvalue weighted by Crippen LogP contribution is -2.31. The van der Waals surface area contributed by atoms with Gasteiger partial charge in [0, 0.05) is 30.8 Å². The molecular weight excluding hydrogens is 507 g/mol.